The average molecular weight is 486 g/mol. The maximum atomic E-state index is 13.3. The monoisotopic (exact) mass is 485 g/mol. The molecular formula is C27H35NO7. The van der Waals surface area contributed by atoms with Gasteiger partial charge in [0, 0.05) is 18.9 Å². The van der Waals surface area contributed by atoms with E-state index in [0.717, 1.165) is 18.4 Å². The predicted octanol–water partition coefficient (Wildman–Crippen LogP) is 3.94. The van der Waals surface area contributed by atoms with Crippen molar-refractivity contribution in [2.45, 2.75) is 71.5 Å². The fraction of sp³-hybridized carbons (Fsp3) is 0.593. The number of carbonyl (C=O) groups excluding carboxylic acids is 2. The average Bonchev–Trinajstić information content (AvgIpc) is 3.51. The molecule has 2 fully saturated rings. The minimum atomic E-state index is -0.823. The lowest BCUT2D eigenvalue weighted by Crippen LogP contribution is -2.34. The smallest absolute Gasteiger partial charge is 0.303 e. The van der Waals surface area contributed by atoms with Crippen molar-refractivity contribution in [3.63, 3.8) is 0 Å². The Hall–Kier alpha value is -2.71. The van der Waals surface area contributed by atoms with E-state index in [4.69, 9.17) is 19.4 Å². The number of carbonyl (C=O) groups is 3. The normalized spacial score (nSPS) is 26.5. The molecular weight excluding hydrogens is 450 g/mol. The summed E-state index contributed by atoms with van der Waals surface area (Å²) in [6.45, 7) is 4.81. The molecule has 0 aromatic carbocycles. The molecule has 2 N–H and O–H groups in total. The SMILES string of the molecule is CC1=C2[C@@H](CC/C(C)=C/c3ccc(CO)o3)OC[C@@H]2[C@@H]2C(=O)N(CCCCCC(=O)O)C(=O)[C@@H]2C1. The van der Waals surface area contributed by atoms with Crippen LogP contribution in [0, 0.1) is 17.8 Å². The molecule has 0 bridgehead atoms. The van der Waals surface area contributed by atoms with E-state index >= 15 is 0 Å². The summed E-state index contributed by atoms with van der Waals surface area (Å²) in [7, 11) is 0. The fourth-order valence-corrected chi connectivity index (χ4v) is 5.87. The number of hydrogen-bond donors (Lipinski definition) is 2. The Balaban J connectivity index is 1.37. The predicted molar refractivity (Wildman–Crippen MR) is 128 cm³/mol. The first-order valence-electron chi connectivity index (χ1n) is 12.5. The Labute approximate surface area is 205 Å². The number of rotatable bonds is 11. The summed E-state index contributed by atoms with van der Waals surface area (Å²) in [5.74, 6) is -0.448. The van der Waals surface area contributed by atoms with Crippen LogP contribution in [0.4, 0.5) is 0 Å². The number of aliphatic hydroxyl groups is 1. The van der Waals surface area contributed by atoms with Crippen LogP contribution >= 0.6 is 0 Å². The first-order chi connectivity index (χ1) is 16.8. The van der Waals surface area contributed by atoms with E-state index in [9.17, 15) is 14.4 Å². The van der Waals surface area contributed by atoms with Crippen LogP contribution in [0.5, 0.6) is 0 Å². The number of nitrogens with zero attached hydrogens (tertiary/aromatic N) is 1. The summed E-state index contributed by atoms with van der Waals surface area (Å²) in [6, 6.07) is 3.60. The number of fused-ring (bicyclic) bond motifs is 3. The second-order valence-corrected chi connectivity index (χ2v) is 10.0. The van der Waals surface area contributed by atoms with Crippen LogP contribution in [-0.4, -0.2) is 52.2 Å². The number of carboxylic acids is 1. The van der Waals surface area contributed by atoms with E-state index in [-0.39, 0.29) is 48.7 Å². The van der Waals surface area contributed by atoms with E-state index < -0.39 is 5.97 Å². The summed E-state index contributed by atoms with van der Waals surface area (Å²) >= 11 is 0. The van der Waals surface area contributed by atoms with Gasteiger partial charge in [-0.25, -0.2) is 0 Å². The zero-order chi connectivity index (χ0) is 25.1. The van der Waals surface area contributed by atoms with Gasteiger partial charge >= 0.3 is 5.97 Å². The van der Waals surface area contributed by atoms with Crippen LogP contribution in [0.15, 0.2) is 33.3 Å². The largest absolute Gasteiger partial charge is 0.481 e. The van der Waals surface area contributed by atoms with Crippen molar-refractivity contribution in [3.8, 4) is 0 Å². The van der Waals surface area contributed by atoms with Crippen LogP contribution < -0.4 is 0 Å². The lowest BCUT2D eigenvalue weighted by Gasteiger charge is -2.30. The molecule has 3 aliphatic rings. The standard InChI is InChI=1S/C27H35NO7/c1-16(12-18-8-9-19(14-29)35-18)7-10-22-24-17(2)13-20-25(21(24)15-34-22)27(33)28(26(20)32)11-5-3-4-6-23(30)31/h8-9,12,20-22,25,29H,3-7,10-11,13-15H2,1-2H3,(H,30,31)/b16-12+/t20-,21+,22-,25-/m1/s1. The van der Waals surface area contributed by atoms with E-state index in [1.807, 2.05) is 19.1 Å². The number of aliphatic carboxylic acids is 1. The van der Waals surface area contributed by atoms with Gasteiger partial charge in [0.1, 0.15) is 18.1 Å². The number of allylic oxidation sites excluding steroid dienone is 2. The van der Waals surface area contributed by atoms with Crippen molar-refractivity contribution in [3.05, 3.63) is 40.4 Å². The van der Waals surface area contributed by atoms with Gasteiger partial charge < -0.3 is 19.4 Å². The van der Waals surface area contributed by atoms with Crippen LogP contribution in [-0.2, 0) is 25.7 Å². The summed E-state index contributed by atoms with van der Waals surface area (Å²) in [5, 5.41) is 17.9. The van der Waals surface area contributed by atoms with Gasteiger partial charge in [-0.05, 0) is 69.7 Å². The summed E-state index contributed by atoms with van der Waals surface area (Å²) in [6.07, 6.45) is 6.10. The second-order valence-electron chi connectivity index (χ2n) is 10.0. The topological polar surface area (TPSA) is 117 Å². The van der Waals surface area contributed by atoms with Gasteiger partial charge in [0.25, 0.3) is 0 Å². The number of ether oxygens (including phenoxy) is 1. The lowest BCUT2D eigenvalue weighted by atomic mass is 9.70. The molecule has 35 heavy (non-hydrogen) atoms. The number of imide groups is 1. The highest BCUT2D eigenvalue weighted by atomic mass is 16.5. The fourth-order valence-electron chi connectivity index (χ4n) is 5.87. The van der Waals surface area contributed by atoms with Crippen LogP contribution in [0.1, 0.15) is 70.3 Å². The molecule has 0 spiro atoms. The van der Waals surface area contributed by atoms with Crippen molar-refractivity contribution >= 4 is 23.9 Å². The molecule has 0 radical (unpaired) electrons. The van der Waals surface area contributed by atoms with Crippen LogP contribution in [0.25, 0.3) is 6.08 Å². The zero-order valence-corrected chi connectivity index (χ0v) is 20.5. The Bertz CT molecular complexity index is 1040. The molecule has 3 heterocycles. The van der Waals surface area contributed by atoms with Gasteiger partial charge in [0.15, 0.2) is 0 Å². The minimum Gasteiger partial charge on any atom is -0.481 e. The van der Waals surface area contributed by atoms with Gasteiger partial charge in [0.2, 0.25) is 11.8 Å². The highest BCUT2D eigenvalue weighted by Crippen LogP contribution is 2.49. The third-order valence-electron chi connectivity index (χ3n) is 7.54. The lowest BCUT2D eigenvalue weighted by molar-refractivity contribution is -0.141. The molecule has 1 aromatic rings. The molecule has 2 saturated heterocycles. The first kappa shape index (κ1) is 25.4. The number of furan rings is 1. The molecule has 4 atom stereocenters. The number of hydrogen-bond acceptors (Lipinski definition) is 6. The second kappa shape index (κ2) is 10.9. The maximum absolute atomic E-state index is 13.3. The number of amides is 2. The van der Waals surface area contributed by atoms with Gasteiger partial charge in [-0.2, -0.15) is 0 Å². The van der Waals surface area contributed by atoms with E-state index in [2.05, 4.69) is 6.92 Å². The molecule has 2 amide bonds. The molecule has 8 nitrogen and oxygen atoms in total. The van der Waals surface area contributed by atoms with Gasteiger partial charge in [-0.1, -0.05) is 17.6 Å². The van der Waals surface area contributed by atoms with E-state index in [0.29, 0.717) is 50.4 Å². The molecule has 190 valence electrons. The van der Waals surface area contributed by atoms with Crippen molar-refractivity contribution in [2.24, 2.45) is 17.8 Å². The third-order valence-corrected chi connectivity index (χ3v) is 7.54. The number of unbranched alkanes of at least 4 members (excludes halogenated alkanes) is 2. The van der Waals surface area contributed by atoms with Gasteiger partial charge in [-0.3, -0.25) is 19.3 Å². The Morgan fingerprint density at radius 2 is 1.94 bits per heavy atom. The van der Waals surface area contributed by atoms with Crippen LogP contribution in [0.3, 0.4) is 0 Å². The summed E-state index contributed by atoms with van der Waals surface area (Å²) < 4.78 is 11.7. The third kappa shape index (κ3) is 5.43. The number of likely N-dealkylation sites (tertiary alicyclic amines) is 1. The van der Waals surface area contributed by atoms with Gasteiger partial charge in [0.05, 0.1) is 24.5 Å². The molecule has 0 unspecified atom stereocenters. The zero-order valence-electron chi connectivity index (χ0n) is 20.5. The van der Waals surface area contributed by atoms with E-state index in [1.54, 1.807) is 6.07 Å². The molecule has 2 aliphatic heterocycles. The Morgan fingerprint density at radius 3 is 2.66 bits per heavy atom. The van der Waals surface area contributed by atoms with Crippen molar-refractivity contribution < 1.29 is 33.8 Å². The minimum absolute atomic E-state index is 0.0475. The van der Waals surface area contributed by atoms with Gasteiger partial charge in [-0.15, -0.1) is 0 Å². The highest BCUT2D eigenvalue weighted by molar-refractivity contribution is 6.05. The van der Waals surface area contributed by atoms with Crippen molar-refractivity contribution in [1.82, 2.24) is 4.90 Å². The molecule has 1 aromatic heterocycles. The molecule has 4 rings (SSSR count). The van der Waals surface area contributed by atoms with Crippen LogP contribution in [0.2, 0.25) is 0 Å². The molecule has 1 aliphatic carbocycles. The quantitative estimate of drug-likeness (QED) is 0.277. The first-order valence-corrected chi connectivity index (χ1v) is 12.5. The summed E-state index contributed by atoms with van der Waals surface area (Å²) in [5.41, 5.74) is 3.51. The van der Waals surface area contributed by atoms with E-state index in [1.165, 1.54) is 16.0 Å². The van der Waals surface area contributed by atoms with Crippen molar-refractivity contribution in [1.29, 1.82) is 0 Å². The van der Waals surface area contributed by atoms with Crippen molar-refractivity contribution in [2.75, 3.05) is 13.2 Å². The Kier molecular flexibility index (Phi) is 7.91. The number of carboxylic acid groups (broad SMARTS) is 1. The molecule has 0 saturated carbocycles. The Morgan fingerprint density at radius 1 is 1.14 bits per heavy atom. The number of aliphatic hydroxyl groups excluding tert-OH is 1. The molecule has 8 heteroatoms. The maximum Gasteiger partial charge on any atom is 0.303 e. The summed E-state index contributed by atoms with van der Waals surface area (Å²) in [4.78, 5) is 38.4. The highest BCUT2D eigenvalue weighted by Gasteiger charge is 2.56.